The van der Waals surface area contributed by atoms with Crippen LogP contribution in [0.15, 0.2) is 18.2 Å². The summed E-state index contributed by atoms with van der Waals surface area (Å²) in [7, 11) is 0. The van der Waals surface area contributed by atoms with Gasteiger partial charge in [0.25, 0.3) is 0 Å². The number of benzene rings is 1. The molecule has 0 fully saturated rings. The Morgan fingerprint density at radius 3 is 2.25 bits per heavy atom. The first-order valence-corrected chi connectivity index (χ1v) is 4.86. The van der Waals surface area contributed by atoms with Gasteiger partial charge in [-0.1, -0.05) is 0 Å². The van der Waals surface area contributed by atoms with Gasteiger partial charge in [-0.05, 0) is 40.8 Å². The zero-order chi connectivity index (χ0) is 12.3. The predicted molar refractivity (Wildman–Crippen MR) is 52.5 cm³/mol. The largest absolute Gasteiger partial charge is 0.573 e. The Hall–Kier alpha value is -0.800. The monoisotopic (exact) mass is 354 g/mol. The molecule has 0 bridgehead atoms. The van der Waals surface area contributed by atoms with E-state index in [-0.39, 0.29) is 0 Å². The lowest BCUT2D eigenvalue weighted by molar-refractivity contribution is -0.275. The molecule has 1 aromatic carbocycles. The number of alkyl halides is 5. The van der Waals surface area contributed by atoms with Crippen LogP contribution in [0, 0.1) is 3.57 Å². The molecule has 1 aromatic rings. The molecule has 16 heavy (non-hydrogen) atoms. The minimum Gasteiger partial charge on any atom is -0.431 e. The molecular weight excluding hydrogens is 350 g/mol. The third kappa shape index (κ3) is 4.37. The highest BCUT2D eigenvalue weighted by Crippen LogP contribution is 2.34. The van der Waals surface area contributed by atoms with Crippen molar-refractivity contribution in [3.05, 3.63) is 21.8 Å². The molecular formula is C8H4F5IO2. The van der Waals surface area contributed by atoms with Gasteiger partial charge >= 0.3 is 13.0 Å². The summed E-state index contributed by atoms with van der Waals surface area (Å²) < 4.78 is 67.4. The van der Waals surface area contributed by atoms with Gasteiger partial charge in [0, 0.05) is 3.57 Å². The number of ether oxygens (including phenoxy) is 2. The Labute approximate surface area is 100 Å². The topological polar surface area (TPSA) is 18.5 Å². The maximum absolute atomic E-state index is 11.9. The summed E-state index contributed by atoms with van der Waals surface area (Å²) in [4.78, 5) is 0. The lowest BCUT2D eigenvalue weighted by Crippen LogP contribution is -2.18. The molecule has 2 nitrogen and oxygen atoms in total. The molecule has 0 heterocycles. The second-order valence-corrected chi connectivity index (χ2v) is 3.76. The van der Waals surface area contributed by atoms with Crippen LogP contribution >= 0.6 is 22.6 Å². The van der Waals surface area contributed by atoms with Gasteiger partial charge in [0.2, 0.25) is 0 Å². The summed E-state index contributed by atoms with van der Waals surface area (Å²) in [5.41, 5.74) is 0. The average molecular weight is 354 g/mol. The number of halogens is 6. The molecule has 0 atom stereocenters. The first-order chi connectivity index (χ1) is 7.28. The van der Waals surface area contributed by atoms with Crippen LogP contribution in [0.25, 0.3) is 0 Å². The minimum absolute atomic E-state index is 0.401. The van der Waals surface area contributed by atoms with Gasteiger partial charge in [0.05, 0.1) is 0 Å². The maximum Gasteiger partial charge on any atom is 0.573 e. The fourth-order valence-corrected chi connectivity index (χ4v) is 1.34. The third-order valence-electron chi connectivity index (χ3n) is 1.35. The SMILES string of the molecule is FC(F)Oc1ccc(I)cc1OC(F)(F)F. The zero-order valence-corrected chi connectivity index (χ0v) is 9.55. The van der Waals surface area contributed by atoms with Gasteiger partial charge in [-0.15, -0.1) is 13.2 Å². The number of hydrogen-bond donors (Lipinski definition) is 0. The highest BCUT2D eigenvalue weighted by molar-refractivity contribution is 14.1. The van der Waals surface area contributed by atoms with Crippen LogP contribution in [0.1, 0.15) is 0 Å². The van der Waals surface area contributed by atoms with E-state index in [4.69, 9.17) is 0 Å². The Balaban J connectivity index is 2.98. The number of rotatable bonds is 3. The molecule has 0 radical (unpaired) electrons. The van der Waals surface area contributed by atoms with Crippen LogP contribution in [-0.2, 0) is 0 Å². The van der Waals surface area contributed by atoms with Gasteiger partial charge in [-0.3, -0.25) is 0 Å². The predicted octanol–water partition coefficient (Wildman–Crippen LogP) is 3.79. The van der Waals surface area contributed by atoms with Crippen molar-refractivity contribution in [2.45, 2.75) is 13.0 Å². The second-order valence-electron chi connectivity index (χ2n) is 2.52. The Bertz CT molecular complexity index is 366. The number of hydrogen-bond acceptors (Lipinski definition) is 2. The van der Waals surface area contributed by atoms with Crippen LogP contribution in [0.4, 0.5) is 22.0 Å². The van der Waals surface area contributed by atoms with E-state index >= 15 is 0 Å². The molecule has 0 saturated carbocycles. The normalized spacial score (nSPS) is 11.7. The van der Waals surface area contributed by atoms with Gasteiger partial charge in [0.15, 0.2) is 11.5 Å². The first-order valence-electron chi connectivity index (χ1n) is 3.78. The summed E-state index contributed by atoms with van der Waals surface area (Å²) in [6, 6.07) is 3.25. The van der Waals surface area contributed by atoms with E-state index in [0.29, 0.717) is 3.57 Å². The van der Waals surface area contributed by atoms with E-state index in [1.54, 1.807) is 22.6 Å². The molecule has 8 heteroatoms. The van der Waals surface area contributed by atoms with Crippen molar-refractivity contribution >= 4 is 22.6 Å². The summed E-state index contributed by atoms with van der Waals surface area (Å²) in [6.07, 6.45) is -4.95. The molecule has 0 saturated heterocycles. The summed E-state index contributed by atoms with van der Waals surface area (Å²) in [6.45, 7) is -3.21. The highest BCUT2D eigenvalue weighted by Gasteiger charge is 2.32. The molecule has 1 rings (SSSR count). The van der Waals surface area contributed by atoms with Crippen molar-refractivity contribution < 1.29 is 31.4 Å². The Morgan fingerprint density at radius 2 is 1.75 bits per heavy atom. The molecule has 0 unspecified atom stereocenters. The van der Waals surface area contributed by atoms with Crippen molar-refractivity contribution in [2.75, 3.05) is 0 Å². The van der Waals surface area contributed by atoms with Gasteiger partial charge in [-0.25, -0.2) is 0 Å². The van der Waals surface area contributed by atoms with E-state index in [1.165, 1.54) is 6.07 Å². The summed E-state index contributed by atoms with van der Waals surface area (Å²) in [5, 5.41) is 0. The fourth-order valence-electron chi connectivity index (χ4n) is 0.880. The maximum atomic E-state index is 11.9. The Kier molecular flexibility index (Phi) is 4.16. The van der Waals surface area contributed by atoms with E-state index in [9.17, 15) is 22.0 Å². The molecule has 0 aliphatic rings. The first kappa shape index (κ1) is 13.3. The van der Waals surface area contributed by atoms with Crippen molar-refractivity contribution in [2.24, 2.45) is 0 Å². The standard InChI is InChI=1S/C8H4F5IO2/c9-7(10)15-5-2-1-4(14)3-6(5)16-8(11,12)13/h1-3,7H. The van der Waals surface area contributed by atoms with Crippen molar-refractivity contribution in [1.29, 1.82) is 0 Å². The van der Waals surface area contributed by atoms with Gasteiger partial charge < -0.3 is 9.47 Å². The van der Waals surface area contributed by atoms with Crippen molar-refractivity contribution in [1.82, 2.24) is 0 Å². The summed E-state index contributed by atoms with van der Waals surface area (Å²) >= 11 is 1.72. The van der Waals surface area contributed by atoms with Gasteiger partial charge in [0.1, 0.15) is 0 Å². The van der Waals surface area contributed by atoms with Crippen molar-refractivity contribution in [3.8, 4) is 11.5 Å². The Morgan fingerprint density at radius 1 is 1.12 bits per heavy atom. The van der Waals surface area contributed by atoms with E-state index in [2.05, 4.69) is 9.47 Å². The lowest BCUT2D eigenvalue weighted by atomic mass is 10.3. The quantitative estimate of drug-likeness (QED) is 0.608. The molecule has 90 valence electrons. The van der Waals surface area contributed by atoms with E-state index in [1.807, 2.05) is 0 Å². The van der Waals surface area contributed by atoms with Crippen molar-refractivity contribution in [3.63, 3.8) is 0 Å². The minimum atomic E-state index is -4.95. The molecule has 0 amide bonds. The van der Waals surface area contributed by atoms with Crippen LogP contribution in [0.3, 0.4) is 0 Å². The lowest BCUT2D eigenvalue weighted by Gasteiger charge is -2.13. The highest BCUT2D eigenvalue weighted by atomic mass is 127. The van der Waals surface area contributed by atoms with Crippen LogP contribution in [-0.4, -0.2) is 13.0 Å². The summed E-state index contributed by atoms with van der Waals surface area (Å²) in [5.74, 6) is -1.45. The van der Waals surface area contributed by atoms with E-state index < -0.39 is 24.5 Å². The van der Waals surface area contributed by atoms with E-state index in [0.717, 1.165) is 12.1 Å². The molecule has 0 spiro atoms. The molecule has 0 aliphatic heterocycles. The zero-order valence-electron chi connectivity index (χ0n) is 7.39. The average Bonchev–Trinajstić information content (AvgIpc) is 2.06. The second kappa shape index (κ2) is 5.02. The van der Waals surface area contributed by atoms with Gasteiger partial charge in [-0.2, -0.15) is 8.78 Å². The fraction of sp³-hybridized carbons (Fsp3) is 0.250. The van der Waals surface area contributed by atoms with Crippen LogP contribution in [0.2, 0.25) is 0 Å². The molecule has 0 N–H and O–H groups in total. The van der Waals surface area contributed by atoms with Crippen LogP contribution < -0.4 is 9.47 Å². The molecule has 0 aromatic heterocycles. The third-order valence-corrected chi connectivity index (χ3v) is 2.02. The smallest absolute Gasteiger partial charge is 0.431 e. The molecule has 0 aliphatic carbocycles. The van der Waals surface area contributed by atoms with Crippen LogP contribution in [0.5, 0.6) is 11.5 Å².